The highest BCUT2D eigenvalue weighted by Crippen LogP contribution is 2.45. The van der Waals surface area contributed by atoms with Crippen LogP contribution in [-0.2, 0) is 16.6 Å². The zero-order valence-corrected chi connectivity index (χ0v) is 19.4. The topological polar surface area (TPSA) is 75.7 Å². The Morgan fingerprint density at radius 3 is 2.69 bits per heavy atom. The third kappa shape index (κ3) is 5.79. The van der Waals surface area contributed by atoms with Crippen molar-refractivity contribution in [2.24, 2.45) is 0 Å². The lowest BCUT2D eigenvalue weighted by atomic mass is 10.0. The van der Waals surface area contributed by atoms with Gasteiger partial charge in [0, 0.05) is 24.2 Å². The number of carbonyl (C=O) groups is 1. The molecule has 0 aromatic heterocycles. The van der Waals surface area contributed by atoms with E-state index in [2.05, 4.69) is 4.90 Å². The fourth-order valence-corrected chi connectivity index (χ4v) is 4.73. The lowest BCUT2D eigenvalue weighted by Gasteiger charge is -2.33. The lowest BCUT2D eigenvalue weighted by Crippen LogP contribution is -2.40. The number of hydrogen-bond acceptors (Lipinski definition) is 5. The number of sulfonamides is 1. The number of carbonyl (C=O) groups excluding carboxylic acids is 1. The van der Waals surface area contributed by atoms with Gasteiger partial charge in [0.1, 0.15) is 17.7 Å². The minimum atomic E-state index is -3.79. The van der Waals surface area contributed by atoms with Gasteiger partial charge in [-0.2, -0.15) is 0 Å². The van der Waals surface area contributed by atoms with Crippen LogP contribution in [0.5, 0.6) is 5.75 Å². The Kier molecular flexibility index (Phi) is 6.74. The van der Waals surface area contributed by atoms with E-state index in [9.17, 15) is 17.6 Å². The molecule has 2 fully saturated rings. The first-order chi connectivity index (χ1) is 15.2. The molecule has 32 heavy (non-hydrogen) atoms. The van der Waals surface area contributed by atoms with Crippen LogP contribution in [0.4, 0.5) is 4.39 Å². The van der Waals surface area contributed by atoms with Gasteiger partial charge in [0.2, 0.25) is 10.0 Å². The van der Waals surface area contributed by atoms with Crippen molar-refractivity contribution in [3.05, 3.63) is 63.9 Å². The summed E-state index contributed by atoms with van der Waals surface area (Å²) in [4.78, 5) is 14.5. The number of nitrogens with one attached hydrogen (secondary N) is 1. The number of likely N-dealkylation sites (tertiary alicyclic amines) is 1. The summed E-state index contributed by atoms with van der Waals surface area (Å²) in [5.41, 5.74) is 1.53. The molecule has 2 aliphatic rings. The lowest BCUT2D eigenvalue weighted by molar-refractivity contribution is 0.0832. The second-order valence-electron chi connectivity index (χ2n) is 8.56. The maximum atomic E-state index is 14.7. The second-order valence-corrected chi connectivity index (χ2v) is 10.7. The van der Waals surface area contributed by atoms with Crippen LogP contribution >= 0.6 is 11.6 Å². The van der Waals surface area contributed by atoms with Crippen molar-refractivity contribution in [1.82, 2.24) is 9.62 Å². The van der Waals surface area contributed by atoms with Crippen LogP contribution in [0.25, 0.3) is 0 Å². The van der Waals surface area contributed by atoms with Crippen molar-refractivity contribution in [3.8, 4) is 5.75 Å². The standard InChI is InChI=1S/C23H26ClFN2O4S/c1-32(29,30)26-23(28)19-11-18(15-8-9-15)22(12-21(19)25)31-17-6-4-10-27(14-17)13-16-5-2-3-7-20(16)24/h2-3,5,7,11-12,15,17H,4,6,8-10,13-14H2,1H3,(H,26,28). The number of hydrogen-bond donors (Lipinski definition) is 1. The molecule has 1 saturated heterocycles. The van der Waals surface area contributed by atoms with E-state index in [0.717, 1.165) is 54.6 Å². The molecule has 1 aliphatic heterocycles. The summed E-state index contributed by atoms with van der Waals surface area (Å²) in [5, 5.41) is 0.733. The molecule has 1 saturated carbocycles. The van der Waals surface area contributed by atoms with Crippen LogP contribution in [0.1, 0.15) is 53.1 Å². The van der Waals surface area contributed by atoms with Crippen LogP contribution in [0.3, 0.4) is 0 Å². The minimum absolute atomic E-state index is 0.112. The third-order valence-corrected chi connectivity index (χ3v) is 6.67. The average Bonchev–Trinajstić information content (AvgIpc) is 3.54. The van der Waals surface area contributed by atoms with Crippen LogP contribution in [0, 0.1) is 5.82 Å². The van der Waals surface area contributed by atoms with Crippen LogP contribution < -0.4 is 9.46 Å². The molecule has 1 amide bonds. The number of piperidine rings is 1. The Morgan fingerprint density at radius 2 is 2.00 bits per heavy atom. The first kappa shape index (κ1) is 23.0. The number of benzene rings is 2. The highest BCUT2D eigenvalue weighted by atomic mass is 35.5. The number of rotatable bonds is 7. The van der Waals surface area contributed by atoms with Gasteiger partial charge in [-0.1, -0.05) is 29.8 Å². The molecule has 6 nitrogen and oxygen atoms in total. The summed E-state index contributed by atoms with van der Waals surface area (Å²) in [7, 11) is -3.79. The Balaban J connectivity index is 1.50. The monoisotopic (exact) mass is 480 g/mol. The van der Waals surface area contributed by atoms with Crippen molar-refractivity contribution in [2.75, 3.05) is 19.3 Å². The van der Waals surface area contributed by atoms with E-state index in [1.807, 2.05) is 29.0 Å². The van der Waals surface area contributed by atoms with E-state index < -0.39 is 21.7 Å². The summed E-state index contributed by atoms with van der Waals surface area (Å²) in [6, 6.07) is 10.4. The fourth-order valence-electron chi connectivity index (χ4n) is 4.08. The van der Waals surface area contributed by atoms with Crippen molar-refractivity contribution in [2.45, 2.75) is 44.2 Å². The third-order valence-electron chi connectivity index (χ3n) is 5.75. The van der Waals surface area contributed by atoms with Crippen molar-refractivity contribution < 1.29 is 22.3 Å². The van der Waals surface area contributed by atoms with E-state index in [4.69, 9.17) is 16.3 Å². The van der Waals surface area contributed by atoms with Crippen molar-refractivity contribution in [3.63, 3.8) is 0 Å². The van der Waals surface area contributed by atoms with Gasteiger partial charge in [0.15, 0.2) is 0 Å². The molecule has 0 bridgehead atoms. The van der Waals surface area contributed by atoms with Gasteiger partial charge >= 0.3 is 0 Å². The predicted octanol–water partition coefficient (Wildman–Crippen LogP) is 4.09. The van der Waals surface area contributed by atoms with Crippen LogP contribution in [0.15, 0.2) is 36.4 Å². The van der Waals surface area contributed by atoms with Gasteiger partial charge in [-0.15, -0.1) is 0 Å². The molecule has 1 unspecified atom stereocenters. The summed E-state index contributed by atoms with van der Waals surface area (Å²) in [6.07, 6.45) is 4.40. The number of ether oxygens (including phenoxy) is 1. The smallest absolute Gasteiger partial charge is 0.267 e. The molecule has 1 atom stereocenters. The maximum absolute atomic E-state index is 14.7. The number of amides is 1. The Morgan fingerprint density at radius 1 is 1.25 bits per heavy atom. The van der Waals surface area contributed by atoms with Crippen molar-refractivity contribution >= 4 is 27.5 Å². The molecule has 0 spiro atoms. The summed E-state index contributed by atoms with van der Waals surface area (Å²) in [6.45, 7) is 2.33. The zero-order chi connectivity index (χ0) is 22.9. The van der Waals surface area contributed by atoms with Gasteiger partial charge in [-0.3, -0.25) is 9.69 Å². The summed E-state index contributed by atoms with van der Waals surface area (Å²) in [5.74, 6) is -1.14. The van der Waals surface area contributed by atoms with E-state index >= 15 is 0 Å². The molecule has 1 aliphatic carbocycles. The normalized spacial score (nSPS) is 19.5. The second kappa shape index (κ2) is 9.37. The molecule has 2 aromatic carbocycles. The quantitative estimate of drug-likeness (QED) is 0.646. The first-order valence-electron chi connectivity index (χ1n) is 10.7. The Labute approximate surface area is 192 Å². The van der Waals surface area contributed by atoms with Gasteiger partial charge in [0.25, 0.3) is 5.91 Å². The number of halogens is 2. The molecule has 4 rings (SSSR count). The van der Waals surface area contributed by atoms with E-state index in [0.29, 0.717) is 18.8 Å². The molecule has 0 radical (unpaired) electrons. The van der Waals surface area contributed by atoms with Crippen LogP contribution in [-0.4, -0.2) is 44.7 Å². The maximum Gasteiger partial charge on any atom is 0.267 e. The molecule has 9 heteroatoms. The molecular formula is C23H26ClFN2O4S. The molecule has 1 heterocycles. The Bertz CT molecular complexity index is 1120. The molecule has 1 N–H and O–H groups in total. The van der Waals surface area contributed by atoms with E-state index in [-0.39, 0.29) is 17.6 Å². The fraction of sp³-hybridized carbons (Fsp3) is 0.435. The van der Waals surface area contributed by atoms with Crippen molar-refractivity contribution in [1.29, 1.82) is 0 Å². The number of nitrogens with zero attached hydrogens (tertiary/aromatic N) is 1. The van der Waals surface area contributed by atoms with E-state index in [1.165, 1.54) is 12.1 Å². The van der Waals surface area contributed by atoms with Gasteiger partial charge in [-0.05, 0) is 61.4 Å². The summed E-state index contributed by atoms with van der Waals surface area (Å²) >= 11 is 6.30. The zero-order valence-electron chi connectivity index (χ0n) is 17.8. The highest BCUT2D eigenvalue weighted by Gasteiger charge is 2.31. The largest absolute Gasteiger partial charge is 0.489 e. The van der Waals surface area contributed by atoms with E-state index in [1.54, 1.807) is 0 Å². The molecular weight excluding hydrogens is 455 g/mol. The summed E-state index contributed by atoms with van der Waals surface area (Å²) < 4.78 is 45.6. The first-order valence-corrected chi connectivity index (χ1v) is 12.9. The highest BCUT2D eigenvalue weighted by molar-refractivity contribution is 7.89. The average molecular weight is 481 g/mol. The van der Waals surface area contributed by atoms with Crippen LogP contribution in [0.2, 0.25) is 5.02 Å². The Hall–Kier alpha value is -2.16. The van der Waals surface area contributed by atoms with Gasteiger partial charge in [-0.25, -0.2) is 17.5 Å². The predicted molar refractivity (Wildman–Crippen MR) is 121 cm³/mol. The van der Waals surface area contributed by atoms with Gasteiger partial charge in [0.05, 0.1) is 11.8 Å². The SMILES string of the molecule is CS(=O)(=O)NC(=O)c1cc(C2CC2)c(OC2CCCN(Cc3ccccc3Cl)C2)cc1F. The minimum Gasteiger partial charge on any atom is -0.489 e. The van der Waals surface area contributed by atoms with Gasteiger partial charge < -0.3 is 4.74 Å². The molecule has 172 valence electrons. The molecule has 2 aromatic rings.